The van der Waals surface area contributed by atoms with E-state index >= 15 is 0 Å². The molecule has 1 unspecified atom stereocenters. The van der Waals surface area contributed by atoms with Crippen molar-refractivity contribution in [2.75, 3.05) is 6.61 Å². The molecule has 1 atom stereocenters. The van der Waals surface area contributed by atoms with Gasteiger partial charge < -0.3 is 4.74 Å². The van der Waals surface area contributed by atoms with Crippen LogP contribution < -0.4 is 4.74 Å². The molecule has 0 bridgehead atoms. The van der Waals surface area contributed by atoms with Gasteiger partial charge in [0.1, 0.15) is 5.75 Å². The van der Waals surface area contributed by atoms with Crippen LogP contribution in [0.1, 0.15) is 75.6 Å². The van der Waals surface area contributed by atoms with Gasteiger partial charge in [0.05, 0.1) is 6.61 Å². The maximum atomic E-state index is 5.89. The van der Waals surface area contributed by atoms with E-state index in [0.717, 1.165) is 30.9 Å². The van der Waals surface area contributed by atoms with E-state index in [0.29, 0.717) is 0 Å². The Hall–Kier alpha value is -2.61. The lowest BCUT2D eigenvalue weighted by atomic mass is 9.94. The van der Waals surface area contributed by atoms with Crippen LogP contribution in [0.25, 0.3) is 11.1 Å². The Kier molecular flexibility index (Phi) is 8.50. The van der Waals surface area contributed by atoms with E-state index in [1.54, 1.807) is 0 Å². The van der Waals surface area contributed by atoms with Gasteiger partial charge in [-0.2, -0.15) is 0 Å². The average molecular weight is 402 g/mol. The minimum absolute atomic E-state index is 0.290. The van der Waals surface area contributed by atoms with Gasteiger partial charge in [-0.15, -0.1) is 0 Å². The molecule has 3 aromatic rings. The minimum Gasteiger partial charge on any atom is -0.494 e. The highest BCUT2D eigenvalue weighted by Crippen LogP contribution is 2.27. The molecule has 0 amide bonds. The highest BCUT2D eigenvalue weighted by Gasteiger charge is 2.10. The minimum atomic E-state index is 0.290. The summed E-state index contributed by atoms with van der Waals surface area (Å²) in [6.45, 7) is 7.43. The van der Waals surface area contributed by atoms with Gasteiger partial charge in [-0.05, 0) is 53.3 Å². The maximum Gasteiger partial charge on any atom is 0.119 e. The number of nitrogens with zero attached hydrogens (tertiary/aromatic N) is 1. The number of hydrogen-bond donors (Lipinski definition) is 0. The summed E-state index contributed by atoms with van der Waals surface area (Å²) >= 11 is 0. The molecule has 0 saturated carbocycles. The second-order valence-corrected chi connectivity index (χ2v) is 8.08. The van der Waals surface area contributed by atoms with E-state index in [4.69, 9.17) is 4.74 Å². The van der Waals surface area contributed by atoms with Gasteiger partial charge >= 0.3 is 0 Å². The molecule has 0 aliphatic rings. The standard InChI is InChI=1S/C28H35NO/c1-4-6-7-8-9-20-30-27-17-15-26(16-18-27)25-13-11-24(12-14-25)22(3)28-19-10-23(5-2)21-29-28/h10-19,21-22H,4-9,20H2,1-3H3. The normalized spacial score (nSPS) is 12.0. The van der Waals surface area contributed by atoms with Gasteiger partial charge in [0.25, 0.3) is 0 Å². The third-order valence-corrected chi connectivity index (χ3v) is 5.81. The molecular weight excluding hydrogens is 366 g/mol. The molecular formula is C28H35NO. The van der Waals surface area contributed by atoms with Crippen LogP contribution in [-0.4, -0.2) is 11.6 Å². The van der Waals surface area contributed by atoms with E-state index in [2.05, 4.69) is 86.4 Å². The Morgan fingerprint density at radius 3 is 2.03 bits per heavy atom. The number of aromatic nitrogens is 1. The summed E-state index contributed by atoms with van der Waals surface area (Å²) in [6, 6.07) is 21.6. The second-order valence-electron chi connectivity index (χ2n) is 8.08. The molecule has 1 aromatic heterocycles. The highest BCUT2D eigenvalue weighted by molar-refractivity contribution is 5.64. The molecule has 0 fully saturated rings. The highest BCUT2D eigenvalue weighted by atomic mass is 16.5. The largest absolute Gasteiger partial charge is 0.494 e. The molecule has 0 aliphatic carbocycles. The van der Waals surface area contributed by atoms with Crippen molar-refractivity contribution in [3.8, 4) is 16.9 Å². The number of benzene rings is 2. The molecule has 0 saturated heterocycles. The predicted molar refractivity (Wildman–Crippen MR) is 127 cm³/mol. The van der Waals surface area contributed by atoms with Crippen molar-refractivity contribution in [2.45, 2.75) is 65.2 Å². The Bertz CT molecular complexity index is 866. The van der Waals surface area contributed by atoms with Gasteiger partial charge in [0.15, 0.2) is 0 Å². The van der Waals surface area contributed by atoms with Crippen molar-refractivity contribution < 1.29 is 4.74 Å². The van der Waals surface area contributed by atoms with E-state index in [1.165, 1.54) is 47.9 Å². The topological polar surface area (TPSA) is 22.1 Å². The van der Waals surface area contributed by atoms with Crippen molar-refractivity contribution in [1.82, 2.24) is 4.98 Å². The summed E-state index contributed by atoms with van der Waals surface area (Å²) in [5.41, 5.74) is 6.14. The van der Waals surface area contributed by atoms with Crippen LogP contribution in [-0.2, 0) is 6.42 Å². The van der Waals surface area contributed by atoms with Crippen molar-refractivity contribution in [3.63, 3.8) is 0 Å². The van der Waals surface area contributed by atoms with E-state index < -0.39 is 0 Å². The Morgan fingerprint density at radius 1 is 0.767 bits per heavy atom. The van der Waals surface area contributed by atoms with Crippen LogP contribution in [0.15, 0.2) is 66.9 Å². The fourth-order valence-corrected chi connectivity index (χ4v) is 3.68. The van der Waals surface area contributed by atoms with Gasteiger partial charge in [-0.25, -0.2) is 0 Å². The molecule has 30 heavy (non-hydrogen) atoms. The first-order chi connectivity index (χ1) is 14.7. The zero-order valence-electron chi connectivity index (χ0n) is 18.7. The summed E-state index contributed by atoms with van der Waals surface area (Å²) < 4.78 is 5.89. The Morgan fingerprint density at radius 2 is 1.43 bits per heavy atom. The van der Waals surface area contributed by atoms with Crippen molar-refractivity contribution in [2.24, 2.45) is 0 Å². The summed E-state index contributed by atoms with van der Waals surface area (Å²) in [6.07, 6.45) is 9.34. The van der Waals surface area contributed by atoms with Crippen molar-refractivity contribution in [1.29, 1.82) is 0 Å². The first-order valence-electron chi connectivity index (χ1n) is 11.5. The molecule has 0 spiro atoms. The smallest absolute Gasteiger partial charge is 0.119 e. The number of rotatable bonds is 11. The SMILES string of the molecule is CCCCCCCOc1ccc(-c2ccc(C(C)c3ccc(CC)cn3)cc2)cc1. The third-order valence-electron chi connectivity index (χ3n) is 5.81. The number of ether oxygens (including phenoxy) is 1. The first-order valence-corrected chi connectivity index (χ1v) is 11.5. The van der Waals surface area contributed by atoms with Crippen LogP contribution in [0.3, 0.4) is 0 Å². The number of unbranched alkanes of at least 4 members (excludes halogenated alkanes) is 4. The second kappa shape index (κ2) is 11.5. The Labute approximate surface area is 182 Å². The summed E-state index contributed by atoms with van der Waals surface area (Å²) in [5, 5.41) is 0. The molecule has 0 radical (unpaired) electrons. The fourth-order valence-electron chi connectivity index (χ4n) is 3.68. The van der Waals surface area contributed by atoms with Crippen LogP contribution in [0, 0.1) is 0 Å². The average Bonchev–Trinajstić information content (AvgIpc) is 2.81. The predicted octanol–water partition coefficient (Wildman–Crippen LogP) is 7.81. The zero-order chi connectivity index (χ0) is 21.2. The lowest BCUT2D eigenvalue weighted by Crippen LogP contribution is -1.99. The molecule has 0 N–H and O–H groups in total. The third kappa shape index (κ3) is 6.19. The van der Waals surface area contributed by atoms with Crippen LogP contribution in [0.5, 0.6) is 5.75 Å². The summed E-state index contributed by atoms with van der Waals surface area (Å²) in [4.78, 5) is 4.65. The van der Waals surface area contributed by atoms with E-state index in [9.17, 15) is 0 Å². The molecule has 2 heteroatoms. The molecule has 158 valence electrons. The lowest BCUT2D eigenvalue weighted by Gasteiger charge is -2.13. The van der Waals surface area contributed by atoms with Crippen LogP contribution in [0.4, 0.5) is 0 Å². The molecule has 1 heterocycles. The lowest BCUT2D eigenvalue weighted by molar-refractivity contribution is 0.304. The maximum absolute atomic E-state index is 5.89. The fraction of sp³-hybridized carbons (Fsp3) is 0.393. The monoisotopic (exact) mass is 401 g/mol. The van der Waals surface area contributed by atoms with E-state index in [-0.39, 0.29) is 5.92 Å². The van der Waals surface area contributed by atoms with Crippen LogP contribution >= 0.6 is 0 Å². The quantitative estimate of drug-likeness (QED) is 0.306. The summed E-state index contributed by atoms with van der Waals surface area (Å²) in [7, 11) is 0. The van der Waals surface area contributed by atoms with Gasteiger partial charge in [-0.1, -0.05) is 88.9 Å². The summed E-state index contributed by atoms with van der Waals surface area (Å²) in [5.74, 6) is 1.25. The van der Waals surface area contributed by atoms with Crippen molar-refractivity contribution in [3.05, 3.63) is 83.7 Å². The Balaban J connectivity index is 1.56. The number of pyridine rings is 1. The number of aryl methyl sites for hydroxylation is 1. The molecule has 0 aliphatic heterocycles. The van der Waals surface area contributed by atoms with E-state index in [1.807, 2.05) is 6.20 Å². The molecule has 2 aromatic carbocycles. The van der Waals surface area contributed by atoms with Crippen LogP contribution in [0.2, 0.25) is 0 Å². The van der Waals surface area contributed by atoms with Gasteiger partial charge in [0.2, 0.25) is 0 Å². The van der Waals surface area contributed by atoms with Crippen molar-refractivity contribution >= 4 is 0 Å². The number of hydrogen-bond acceptors (Lipinski definition) is 2. The van der Waals surface area contributed by atoms with Gasteiger partial charge in [0, 0.05) is 17.8 Å². The molecule has 2 nitrogen and oxygen atoms in total. The first kappa shape index (κ1) is 22.1. The zero-order valence-corrected chi connectivity index (χ0v) is 18.7. The molecule has 3 rings (SSSR count). The van der Waals surface area contributed by atoms with Gasteiger partial charge in [-0.3, -0.25) is 4.98 Å².